The number of carbonyl (C=O) groups excluding carboxylic acids is 2. The highest BCUT2D eigenvalue weighted by molar-refractivity contribution is 7.80. The molecule has 0 radical (unpaired) electrons. The summed E-state index contributed by atoms with van der Waals surface area (Å²) < 4.78 is 0. The van der Waals surface area contributed by atoms with Crippen LogP contribution in [0.25, 0.3) is 0 Å². The summed E-state index contributed by atoms with van der Waals surface area (Å²) in [4.78, 5) is 24.5. The van der Waals surface area contributed by atoms with Crippen LogP contribution in [-0.2, 0) is 9.59 Å². The van der Waals surface area contributed by atoms with Crippen LogP contribution in [0.4, 0.5) is 0 Å². The summed E-state index contributed by atoms with van der Waals surface area (Å²) in [6, 6.07) is 0. The zero-order chi connectivity index (χ0) is 11.1. The van der Waals surface area contributed by atoms with Gasteiger partial charge in [-0.1, -0.05) is 19.1 Å². The SMILES string of the molecule is CC1CC(=O)N(C(C)(C)C(N)=S)C1=O. The Morgan fingerprint density at radius 3 is 2.36 bits per heavy atom. The van der Waals surface area contributed by atoms with E-state index in [2.05, 4.69) is 0 Å². The van der Waals surface area contributed by atoms with Crippen molar-refractivity contribution in [2.75, 3.05) is 0 Å². The van der Waals surface area contributed by atoms with Gasteiger partial charge < -0.3 is 5.73 Å². The second kappa shape index (κ2) is 3.31. The molecule has 1 saturated heterocycles. The van der Waals surface area contributed by atoms with Gasteiger partial charge in [0.15, 0.2) is 0 Å². The molecule has 0 saturated carbocycles. The Kier molecular flexibility index (Phi) is 2.63. The lowest BCUT2D eigenvalue weighted by atomic mass is 10.0. The van der Waals surface area contributed by atoms with Crippen molar-refractivity contribution < 1.29 is 9.59 Å². The number of thiocarbonyl (C=S) groups is 1. The van der Waals surface area contributed by atoms with E-state index < -0.39 is 5.54 Å². The van der Waals surface area contributed by atoms with E-state index in [0.717, 1.165) is 0 Å². The average molecular weight is 214 g/mol. The molecule has 0 aromatic rings. The molecule has 1 unspecified atom stereocenters. The summed E-state index contributed by atoms with van der Waals surface area (Å²) in [6.45, 7) is 5.10. The van der Waals surface area contributed by atoms with Crippen molar-refractivity contribution in [1.82, 2.24) is 4.90 Å². The molecular formula is C9H14N2O2S. The maximum atomic E-state index is 11.7. The van der Waals surface area contributed by atoms with Crippen LogP contribution in [0, 0.1) is 5.92 Å². The molecule has 1 fully saturated rings. The summed E-state index contributed by atoms with van der Waals surface area (Å²) in [5.41, 5.74) is 4.65. The average Bonchev–Trinajstić information content (AvgIpc) is 2.26. The molecule has 5 heteroatoms. The van der Waals surface area contributed by atoms with Crippen LogP contribution >= 0.6 is 12.2 Å². The van der Waals surface area contributed by atoms with Crippen molar-refractivity contribution in [3.05, 3.63) is 0 Å². The summed E-state index contributed by atoms with van der Waals surface area (Å²) >= 11 is 4.84. The monoisotopic (exact) mass is 214 g/mol. The van der Waals surface area contributed by atoms with Gasteiger partial charge in [0.05, 0.1) is 10.5 Å². The Hall–Kier alpha value is -0.970. The molecule has 1 aliphatic heterocycles. The molecule has 0 bridgehead atoms. The van der Waals surface area contributed by atoms with E-state index in [1.807, 2.05) is 0 Å². The number of imide groups is 1. The van der Waals surface area contributed by atoms with Crippen LogP contribution in [0.3, 0.4) is 0 Å². The molecule has 2 N–H and O–H groups in total. The fourth-order valence-corrected chi connectivity index (χ4v) is 1.57. The summed E-state index contributed by atoms with van der Waals surface area (Å²) in [7, 11) is 0. The predicted octanol–water partition coefficient (Wildman–Crippen LogP) is 0.446. The first-order valence-corrected chi connectivity index (χ1v) is 4.86. The summed E-state index contributed by atoms with van der Waals surface area (Å²) in [5, 5.41) is 0. The lowest BCUT2D eigenvalue weighted by Gasteiger charge is -2.32. The highest BCUT2D eigenvalue weighted by atomic mass is 32.1. The third kappa shape index (κ3) is 1.52. The maximum Gasteiger partial charge on any atom is 0.233 e. The molecule has 0 aromatic carbocycles. The highest BCUT2D eigenvalue weighted by Gasteiger charge is 2.45. The third-order valence-electron chi connectivity index (χ3n) is 2.53. The van der Waals surface area contributed by atoms with Crippen molar-refractivity contribution >= 4 is 29.0 Å². The molecule has 1 atom stereocenters. The largest absolute Gasteiger partial charge is 0.391 e. The van der Waals surface area contributed by atoms with Gasteiger partial charge in [-0.2, -0.15) is 0 Å². The lowest BCUT2D eigenvalue weighted by molar-refractivity contribution is -0.142. The van der Waals surface area contributed by atoms with Crippen LogP contribution in [0.2, 0.25) is 0 Å². The van der Waals surface area contributed by atoms with Gasteiger partial charge >= 0.3 is 0 Å². The smallest absolute Gasteiger partial charge is 0.233 e. The fraction of sp³-hybridized carbons (Fsp3) is 0.667. The minimum atomic E-state index is -0.853. The Labute approximate surface area is 88.4 Å². The van der Waals surface area contributed by atoms with Crippen LogP contribution < -0.4 is 5.73 Å². The zero-order valence-corrected chi connectivity index (χ0v) is 9.35. The number of amides is 2. The first-order valence-electron chi connectivity index (χ1n) is 4.45. The van der Waals surface area contributed by atoms with E-state index in [0.29, 0.717) is 0 Å². The summed E-state index contributed by atoms with van der Waals surface area (Å²) in [5.74, 6) is -0.635. The number of likely N-dealkylation sites (tertiary alicyclic amines) is 1. The maximum absolute atomic E-state index is 11.7. The van der Waals surface area contributed by atoms with E-state index in [-0.39, 0.29) is 29.1 Å². The van der Waals surface area contributed by atoms with E-state index >= 15 is 0 Å². The quantitative estimate of drug-likeness (QED) is 0.535. The summed E-state index contributed by atoms with van der Waals surface area (Å²) in [6.07, 6.45) is 0.255. The first kappa shape index (κ1) is 11.1. The number of nitrogens with zero attached hydrogens (tertiary/aromatic N) is 1. The standard InChI is InChI=1S/C9H14N2O2S/c1-5-4-6(12)11(7(5)13)9(2,3)8(10)14/h5H,4H2,1-3H3,(H2,10,14). The van der Waals surface area contributed by atoms with Gasteiger partial charge in [-0.3, -0.25) is 14.5 Å². The van der Waals surface area contributed by atoms with Gasteiger partial charge in [0.1, 0.15) is 0 Å². The second-order valence-corrected chi connectivity index (χ2v) is 4.54. The van der Waals surface area contributed by atoms with Crippen molar-refractivity contribution in [2.24, 2.45) is 11.7 Å². The van der Waals surface area contributed by atoms with E-state index in [1.165, 1.54) is 4.90 Å². The number of hydrogen-bond donors (Lipinski definition) is 1. The van der Waals surface area contributed by atoms with Gasteiger partial charge in [0.2, 0.25) is 11.8 Å². The molecule has 0 spiro atoms. The molecule has 1 aliphatic rings. The topological polar surface area (TPSA) is 63.4 Å². The molecule has 0 aliphatic carbocycles. The van der Waals surface area contributed by atoms with Gasteiger partial charge in [-0.05, 0) is 13.8 Å². The van der Waals surface area contributed by atoms with Crippen LogP contribution in [0.15, 0.2) is 0 Å². The Bertz CT molecular complexity index is 312. The minimum Gasteiger partial charge on any atom is -0.391 e. The van der Waals surface area contributed by atoms with Gasteiger partial charge in [0, 0.05) is 12.3 Å². The van der Waals surface area contributed by atoms with Crippen molar-refractivity contribution in [3.63, 3.8) is 0 Å². The predicted molar refractivity (Wildman–Crippen MR) is 56.5 cm³/mol. The zero-order valence-electron chi connectivity index (χ0n) is 8.53. The Balaban J connectivity index is 3.04. The normalized spacial score (nSPS) is 23.1. The van der Waals surface area contributed by atoms with Crippen molar-refractivity contribution in [3.8, 4) is 0 Å². The fourth-order valence-electron chi connectivity index (χ4n) is 1.48. The van der Waals surface area contributed by atoms with E-state index in [1.54, 1.807) is 20.8 Å². The Morgan fingerprint density at radius 1 is 1.57 bits per heavy atom. The second-order valence-electron chi connectivity index (χ2n) is 4.10. The van der Waals surface area contributed by atoms with Crippen molar-refractivity contribution in [1.29, 1.82) is 0 Å². The lowest BCUT2D eigenvalue weighted by Crippen LogP contribution is -2.55. The van der Waals surface area contributed by atoms with E-state index in [9.17, 15) is 9.59 Å². The number of nitrogens with two attached hydrogens (primary N) is 1. The number of hydrogen-bond acceptors (Lipinski definition) is 3. The van der Waals surface area contributed by atoms with Crippen LogP contribution in [-0.4, -0.2) is 27.2 Å². The van der Waals surface area contributed by atoms with Crippen LogP contribution in [0.1, 0.15) is 27.2 Å². The van der Waals surface area contributed by atoms with Gasteiger partial charge in [0.25, 0.3) is 0 Å². The molecular weight excluding hydrogens is 200 g/mol. The van der Waals surface area contributed by atoms with Gasteiger partial charge in [-0.25, -0.2) is 0 Å². The Morgan fingerprint density at radius 2 is 2.07 bits per heavy atom. The molecule has 14 heavy (non-hydrogen) atoms. The van der Waals surface area contributed by atoms with E-state index in [4.69, 9.17) is 18.0 Å². The molecule has 1 heterocycles. The molecule has 1 rings (SSSR count). The first-order chi connectivity index (χ1) is 6.28. The van der Waals surface area contributed by atoms with Gasteiger partial charge in [-0.15, -0.1) is 0 Å². The molecule has 4 nitrogen and oxygen atoms in total. The molecule has 2 amide bonds. The molecule has 0 aromatic heterocycles. The number of carbonyl (C=O) groups is 2. The highest BCUT2D eigenvalue weighted by Crippen LogP contribution is 2.27. The minimum absolute atomic E-state index is 0.160. The third-order valence-corrected chi connectivity index (χ3v) is 3.03. The van der Waals surface area contributed by atoms with Crippen molar-refractivity contribution in [2.45, 2.75) is 32.7 Å². The molecule has 78 valence electrons. The van der Waals surface area contributed by atoms with Crippen LogP contribution in [0.5, 0.6) is 0 Å². The number of rotatable bonds is 2.